The van der Waals surface area contributed by atoms with E-state index in [4.69, 9.17) is 5.26 Å². The number of nitriles is 1. The van der Waals surface area contributed by atoms with E-state index in [0.29, 0.717) is 17.4 Å². The van der Waals surface area contributed by atoms with Crippen LogP contribution in [-0.4, -0.2) is 18.1 Å². The topological polar surface area (TPSA) is 39.9 Å². The summed E-state index contributed by atoms with van der Waals surface area (Å²) in [5.74, 6) is 2.17. The molecule has 1 aromatic rings. The fourth-order valence-corrected chi connectivity index (χ4v) is 1.78. The van der Waals surface area contributed by atoms with Gasteiger partial charge in [-0.05, 0) is 24.0 Å². The lowest BCUT2D eigenvalue weighted by molar-refractivity contribution is 0.549. The molecule has 0 aromatic carbocycles. The maximum atomic E-state index is 8.75. The quantitative estimate of drug-likeness (QED) is 0.782. The van der Waals surface area contributed by atoms with Crippen LogP contribution < -0.4 is 4.90 Å². The zero-order chi connectivity index (χ0) is 12.8. The third-order valence-corrected chi connectivity index (χ3v) is 2.37. The van der Waals surface area contributed by atoms with Gasteiger partial charge in [-0.1, -0.05) is 27.7 Å². The Morgan fingerprint density at radius 3 is 2.12 bits per heavy atom. The molecule has 0 fully saturated rings. The molecule has 0 atom stereocenters. The van der Waals surface area contributed by atoms with Crippen molar-refractivity contribution in [2.24, 2.45) is 11.8 Å². The van der Waals surface area contributed by atoms with Crippen LogP contribution >= 0.6 is 0 Å². The van der Waals surface area contributed by atoms with Crippen LogP contribution in [0.5, 0.6) is 0 Å². The summed E-state index contributed by atoms with van der Waals surface area (Å²) in [5.41, 5.74) is 0.614. The van der Waals surface area contributed by atoms with E-state index < -0.39 is 0 Å². The number of pyridine rings is 1. The minimum Gasteiger partial charge on any atom is -0.356 e. The minimum atomic E-state index is 0.603. The van der Waals surface area contributed by atoms with Crippen molar-refractivity contribution in [3.8, 4) is 6.07 Å². The predicted octanol–water partition coefficient (Wildman–Crippen LogP) is 3.07. The molecule has 0 bridgehead atoms. The van der Waals surface area contributed by atoms with Crippen molar-refractivity contribution < 1.29 is 0 Å². The molecule has 0 saturated carbocycles. The Balaban J connectivity index is 2.84. The third kappa shape index (κ3) is 4.44. The fourth-order valence-electron chi connectivity index (χ4n) is 1.78. The Morgan fingerprint density at radius 1 is 1.18 bits per heavy atom. The molecule has 0 unspecified atom stereocenters. The van der Waals surface area contributed by atoms with Gasteiger partial charge in [-0.3, -0.25) is 0 Å². The highest BCUT2D eigenvalue weighted by molar-refractivity contribution is 5.41. The number of anilines is 1. The molecule has 0 aliphatic heterocycles. The fraction of sp³-hybridized carbons (Fsp3) is 0.571. The van der Waals surface area contributed by atoms with Crippen LogP contribution in [0.3, 0.4) is 0 Å². The zero-order valence-corrected chi connectivity index (χ0v) is 11.1. The monoisotopic (exact) mass is 231 g/mol. The smallest absolute Gasteiger partial charge is 0.128 e. The lowest BCUT2D eigenvalue weighted by Gasteiger charge is -2.27. The highest BCUT2D eigenvalue weighted by Crippen LogP contribution is 2.15. The number of hydrogen-bond donors (Lipinski definition) is 0. The van der Waals surface area contributed by atoms with Crippen LogP contribution in [0, 0.1) is 23.2 Å². The Hall–Kier alpha value is -1.56. The van der Waals surface area contributed by atoms with E-state index in [0.717, 1.165) is 18.9 Å². The van der Waals surface area contributed by atoms with Gasteiger partial charge < -0.3 is 4.90 Å². The Labute approximate surface area is 104 Å². The average Bonchev–Trinajstić information content (AvgIpc) is 2.27. The molecular formula is C14H21N3. The molecule has 0 radical (unpaired) electrons. The Bertz CT molecular complexity index is 363. The Morgan fingerprint density at radius 2 is 1.76 bits per heavy atom. The largest absolute Gasteiger partial charge is 0.356 e. The van der Waals surface area contributed by atoms with E-state index in [-0.39, 0.29) is 0 Å². The van der Waals surface area contributed by atoms with Crippen molar-refractivity contribution >= 4 is 5.82 Å². The van der Waals surface area contributed by atoms with Crippen LogP contribution in [0.4, 0.5) is 5.82 Å². The van der Waals surface area contributed by atoms with Gasteiger partial charge in [0.25, 0.3) is 0 Å². The molecule has 1 heterocycles. The van der Waals surface area contributed by atoms with E-state index in [1.165, 1.54) is 0 Å². The third-order valence-electron chi connectivity index (χ3n) is 2.37. The van der Waals surface area contributed by atoms with E-state index >= 15 is 0 Å². The van der Waals surface area contributed by atoms with Crippen LogP contribution in [0.25, 0.3) is 0 Å². The number of nitrogens with zero attached hydrogens (tertiary/aromatic N) is 3. The van der Waals surface area contributed by atoms with Gasteiger partial charge in [0.05, 0.1) is 5.56 Å². The minimum absolute atomic E-state index is 0.603. The molecule has 17 heavy (non-hydrogen) atoms. The number of aromatic nitrogens is 1. The van der Waals surface area contributed by atoms with Crippen molar-refractivity contribution in [3.63, 3.8) is 0 Å². The highest BCUT2D eigenvalue weighted by Gasteiger charge is 2.11. The summed E-state index contributed by atoms with van der Waals surface area (Å²) in [7, 11) is 0. The SMILES string of the molecule is CC(C)CN(CC(C)C)c1ccc(C#N)cn1. The first kappa shape index (κ1) is 13.5. The second kappa shape index (κ2) is 6.24. The van der Waals surface area contributed by atoms with Crippen molar-refractivity contribution in [1.29, 1.82) is 5.26 Å². The van der Waals surface area contributed by atoms with Crippen molar-refractivity contribution in [2.45, 2.75) is 27.7 Å². The van der Waals surface area contributed by atoms with E-state index in [1.54, 1.807) is 6.20 Å². The average molecular weight is 231 g/mol. The van der Waals surface area contributed by atoms with E-state index in [1.807, 2.05) is 12.1 Å². The molecule has 0 amide bonds. The molecule has 0 aliphatic rings. The lowest BCUT2D eigenvalue weighted by Crippen LogP contribution is -2.31. The first-order valence-corrected chi connectivity index (χ1v) is 6.14. The summed E-state index contributed by atoms with van der Waals surface area (Å²) in [6.45, 7) is 10.8. The summed E-state index contributed by atoms with van der Waals surface area (Å²) >= 11 is 0. The van der Waals surface area contributed by atoms with Crippen LogP contribution in [0.15, 0.2) is 18.3 Å². The summed E-state index contributed by atoms with van der Waals surface area (Å²) in [6, 6.07) is 5.86. The molecule has 1 rings (SSSR count). The summed E-state index contributed by atoms with van der Waals surface area (Å²) in [4.78, 5) is 6.65. The van der Waals surface area contributed by atoms with Gasteiger partial charge in [0.15, 0.2) is 0 Å². The molecular weight excluding hydrogens is 210 g/mol. The number of rotatable bonds is 5. The van der Waals surface area contributed by atoms with Gasteiger partial charge in [-0.25, -0.2) is 4.98 Å². The molecule has 1 aromatic heterocycles. The second-order valence-corrected chi connectivity index (χ2v) is 5.21. The van der Waals surface area contributed by atoms with Crippen molar-refractivity contribution in [3.05, 3.63) is 23.9 Å². The summed E-state index contributed by atoms with van der Waals surface area (Å²) in [6.07, 6.45) is 1.64. The zero-order valence-electron chi connectivity index (χ0n) is 11.1. The van der Waals surface area contributed by atoms with Crippen molar-refractivity contribution in [1.82, 2.24) is 4.98 Å². The van der Waals surface area contributed by atoms with Crippen LogP contribution in [0.2, 0.25) is 0 Å². The van der Waals surface area contributed by atoms with Gasteiger partial charge in [-0.15, -0.1) is 0 Å². The first-order chi connectivity index (χ1) is 8.02. The molecule has 0 N–H and O–H groups in total. The highest BCUT2D eigenvalue weighted by atomic mass is 15.2. The second-order valence-electron chi connectivity index (χ2n) is 5.21. The standard InChI is InChI=1S/C14H21N3/c1-11(2)9-17(10-12(3)4)14-6-5-13(7-15)8-16-14/h5-6,8,11-12H,9-10H2,1-4H3. The summed E-state index contributed by atoms with van der Waals surface area (Å²) < 4.78 is 0. The van der Waals surface area contributed by atoms with Crippen molar-refractivity contribution in [2.75, 3.05) is 18.0 Å². The number of hydrogen-bond acceptors (Lipinski definition) is 3. The predicted molar refractivity (Wildman–Crippen MR) is 70.8 cm³/mol. The first-order valence-electron chi connectivity index (χ1n) is 6.14. The lowest BCUT2D eigenvalue weighted by atomic mass is 10.1. The normalized spacial score (nSPS) is 10.6. The molecule has 3 heteroatoms. The molecule has 0 aliphatic carbocycles. The Kier molecular flexibility index (Phi) is 4.96. The van der Waals surface area contributed by atoms with Gasteiger partial charge >= 0.3 is 0 Å². The van der Waals surface area contributed by atoms with Crippen LogP contribution in [-0.2, 0) is 0 Å². The van der Waals surface area contributed by atoms with Gasteiger partial charge in [0.1, 0.15) is 11.9 Å². The van der Waals surface area contributed by atoms with E-state index in [2.05, 4.69) is 43.6 Å². The van der Waals surface area contributed by atoms with Gasteiger partial charge in [0.2, 0.25) is 0 Å². The molecule has 0 spiro atoms. The molecule has 3 nitrogen and oxygen atoms in total. The van der Waals surface area contributed by atoms with Crippen LogP contribution in [0.1, 0.15) is 33.3 Å². The maximum Gasteiger partial charge on any atom is 0.128 e. The van der Waals surface area contributed by atoms with Gasteiger partial charge in [-0.2, -0.15) is 5.26 Å². The molecule has 0 saturated heterocycles. The summed E-state index contributed by atoms with van der Waals surface area (Å²) in [5, 5.41) is 8.75. The molecule has 92 valence electrons. The maximum absolute atomic E-state index is 8.75. The van der Waals surface area contributed by atoms with E-state index in [9.17, 15) is 0 Å². The van der Waals surface area contributed by atoms with Gasteiger partial charge in [0, 0.05) is 19.3 Å².